The van der Waals surface area contributed by atoms with E-state index < -0.39 is 0 Å². The molecular formula is C4H7OPS. The Hall–Kier alpha value is 0.190. The van der Waals surface area contributed by atoms with Crippen molar-refractivity contribution in [1.82, 2.24) is 0 Å². The Bertz CT molecular complexity index is 87.9. The largest absolute Gasteiger partial charge is 0.300 e. The number of carbonyl (C=O) groups excluding carboxylic acids is 1. The van der Waals surface area contributed by atoms with Gasteiger partial charge in [-0.3, -0.25) is 4.79 Å². The van der Waals surface area contributed by atoms with Crippen molar-refractivity contribution in [3.05, 3.63) is 0 Å². The molecule has 0 saturated carbocycles. The van der Waals surface area contributed by atoms with Crippen molar-refractivity contribution in [2.24, 2.45) is 0 Å². The van der Waals surface area contributed by atoms with Crippen molar-refractivity contribution < 1.29 is 4.79 Å². The number of ketones is 1. The lowest BCUT2D eigenvalue weighted by Crippen LogP contribution is -1.92. The first-order valence-electron chi connectivity index (χ1n) is 1.90. The predicted molar refractivity (Wildman–Crippen MR) is 37.6 cm³/mol. The predicted octanol–water partition coefficient (Wildman–Crippen LogP) is 1.17. The van der Waals surface area contributed by atoms with Gasteiger partial charge in [-0.15, -0.1) is 0 Å². The molecule has 3 heteroatoms. The summed E-state index contributed by atoms with van der Waals surface area (Å²) < 4.78 is 0.688. The zero-order chi connectivity index (χ0) is 5.86. The minimum absolute atomic E-state index is 0.125. The third kappa shape index (κ3) is 6.19. The van der Waals surface area contributed by atoms with Gasteiger partial charge in [0.05, 0.1) is 0 Å². The number of carbonyl (C=O) groups is 1. The third-order valence-electron chi connectivity index (χ3n) is 0.423. The molecule has 0 aromatic carbocycles. The van der Waals surface area contributed by atoms with Gasteiger partial charge in [-0.2, -0.15) is 0 Å². The molecule has 1 atom stereocenters. The standard InChI is InChI=1S/C4H7OPS/c1-3(5)2-4(6)7/h2,6H2,1H3. The smallest absolute Gasteiger partial charge is 0.135 e. The monoisotopic (exact) mass is 134 g/mol. The summed E-state index contributed by atoms with van der Waals surface area (Å²) >= 11 is 4.61. The lowest BCUT2D eigenvalue weighted by atomic mass is 10.4. The van der Waals surface area contributed by atoms with Crippen LogP contribution in [0.1, 0.15) is 13.3 Å². The number of hydrogen-bond acceptors (Lipinski definition) is 2. The summed E-state index contributed by atoms with van der Waals surface area (Å²) in [5.74, 6) is 0.125. The van der Waals surface area contributed by atoms with Crippen LogP contribution in [-0.2, 0) is 4.79 Å². The van der Waals surface area contributed by atoms with E-state index in [0.717, 1.165) is 0 Å². The van der Waals surface area contributed by atoms with Crippen LogP contribution in [0.5, 0.6) is 0 Å². The molecule has 0 spiro atoms. The minimum Gasteiger partial charge on any atom is -0.300 e. The molecule has 1 unspecified atom stereocenters. The fourth-order valence-electron chi connectivity index (χ4n) is 0.245. The highest BCUT2D eigenvalue weighted by Crippen LogP contribution is 1.95. The maximum absolute atomic E-state index is 10.2. The van der Waals surface area contributed by atoms with E-state index in [-0.39, 0.29) is 5.78 Å². The SMILES string of the molecule is CC(=O)CC(P)=S. The van der Waals surface area contributed by atoms with Gasteiger partial charge in [-0.1, -0.05) is 21.5 Å². The molecule has 40 valence electrons. The lowest BCUT2D eigenvalue weighted by molar-refractivity contribution is -0.115. The number of rotatable bonds is 2. The van der Waals surface area contributed by atoms with Crippen LogP contribution in [0, 0.1) is 0 Å². The molecule has 0 aromatic rings. The average molecular weight is 134 g/mol. The van der Waals surface area contributed by atoms with Gasteiger partial charge < -0.3 is 0 Å². The second-order valence-corrected chi connectivity index (χ2v) is 2.98. The highest BCUT2D eigenvalue weighted by molar-refractivity contribution is 7.89. The Morgan fingerprint density at radius 1 is 1.86 bits per heavy atom. The highest BCUT2D eigenvalue weighted by Gasteiger charge is 1.91. The molecule has 7 heavy (non-hydrogen) atoms. The molecule has 0 heterocycles. The summed E-state index contributed by atoms with van der Waals surface area (Å²) in [6.07, 6.45) is 0.417. The first-order valence-corrected chi connectivity index (χ1v) is 2.89. The van der Waals surface area contributed by atoms with Crippen LogP contribution in [0.2, 0.25) is 0 Å². The second-order valence-electron chi connectivity index (χ2n) is 1.35. The normalized spacial score (nSPS) is 8.29. The quantitative estimate of drug-likeness (QED) is 0.416. The fourth-order valence-corrected chi connectivity index (χ4v) is 0.736. The molecule has 0 aliphatic heterocycles. The summed E-state index contributed by atoms with van der Waals surface area (Å²) in [6, 6.07) is 0. The summed E-state index contributed by atoms with van der Waals surface area (Å²) in [6.45, 7) is 1.52. The fraction of sp³-hybridized carbons (Fsp3) is 0.500. The van der Waals surface area contributed by atoms with Crippen LogP contribution in [0.4, 0.5) is 0 Å². The zero-order valence-corrected chi connectivity index (χ0v) is 6.07. The summed E-state index contributed by atoms with van der Waals surface area (Å²) in [5.41, 5.74) is 0. The van der Waals surface area contributed by atoms with Gasteiger partial charge in [0.2, 0.25) is 0 Å². The molecule has 0 rings (SSSR count). The maximum atomic E-state index is 10.2. The lowest BCUT2D eigenvalue weighted by Gasteiger charge is -1.85. The second kappa shape index (κ2) is 3.23. The highest BCUT2D eigenvalue weighted by atomic mass is 32.1. The van der Waals surface area contributed by atoms with Gasteiger partial charge in [0.15, 0.2) is 0 Å². The van der Waals surface area contributed by atoms with Crippen molar-refractivity contribution >= 4 is 31.8 Å². The van der Waals surface area contributed by atoms with Gasteiger partial charge in [-0.05, 0) is 6.92 Å². The maximum Gasteiger partial charge on any atom is 0.135 e. The molecular weight excluding hydrogens is 127 g/mol. The first kappa shape index (κ1) is 7.19. The Morgan fingerprint density at radius 3 is 2.29 bits per heavy atom. The minimum atomic E-state index is 0.125. The summed E-state index contributed by atoms with van der Waals surface area (Å²) in [5, 5.41) is 0. The van der Waals surface area contributed by atoms with Crippen molar-refractivity contribution in [3.63, 3.8) is 0 Å². The molecule has 0 aliphatic carbocycles. The van der Waals surface area contributed by atoms with Crippen LogP contribution in [-0.4, -0.2) is 10.4 Å². The van der Waals surface area contributed by atoms with Crippen molar-refractivity contribution in [1.29, 1.82) is 0 Å². The van der Waals surface area contributed by atoms with E-state index in [1.807, 2.05) is 0 Å². The summed E-state index contributed by atoms with van der Waals surface area (Å²) in [7, 11) is 2.31. The molecule has 0 aromatic heterocycles. The van der Waals surface area contributed by atoms with Gasteiger partial charge in [0.25, 0.3) is 0 Å². The van der Waals surface area contributed by atoms with E-state index in [9.17, 15) is 4.79 Å². The Labute approximate surface area is 50.7 Å². The zero-order valence-electron chi connectivity index (χ0n) is 4.10. The van der Waals surface area contributed by atoms with Gasteiger partial charge >= 0.3 is 0 Å². The number of thiocarbonyl (C=S) groups is 1. The molecule has 0 radical (unpaired) electrons. The molecule has 0 fully saturated rings. The molecule has 0 saturated heterocycles. The third-order valence-corrected chi connectivity index (χ3v) is 0.772. The van der Waals surface area contributed by atoms with Crippen LogP contribution < -0.4 is 0 Å². The molecule has 0 amide bonds. The van der Waals surface area contributed by atoms with Crippen LogP contribution in [0.25, 0.3) is 0 Å². The van der Waals surface area contributed by atoms with Crippen LogP contribution >= 0.6 is 21.5 Å². The van der Waals surface area contributed by atoms with Crippen molar-refractivity contribution in [2.75, 3.05) is 0 Å². The van der Waals surface area contributed by atoms with Crippen LogP contribution in [0.15, 0.2) is 0 Å². The molecule has 0 bridgehead atoms. The summed E-state index contributed by atoms with van der Waals surface area (Å²) in [4.78, 5) is 10.2. The Morgan fingerprint density at radius 2 is 2.29 bits per heavy atom. The number of hydrogen-bond donors (Lipinski definition) is 0. The number of Topliss-reactive ketones (excluding diaryl/α,β-unsaturated/α-hetero) is 1. The first-order chi connectivity index (χ1) is 3.13. The van der Waals surface area contributed by atoms with E-state index in [4.69, 9.17) is 0 Å². The van der Waals surface area contributed by atoms with Gasteiger partial charge in [-0.25, -0.2) is 0 Å². The van der Waals surface area contributed by atoms with Gasteiger partial charge in [0, 0.05) is 11.0 Å². The molecule has 0 N–H and O–H groups in total. The van der Waals surface area contributed by atoms with Gasteiger partial charge in [0.1, 0.15) is 5.78 Å². The Kier molecular flexibility index (Phi) is 3.31. The molecule has 0 aliphatic rings. The van der Waals surface area contributed by atoms with Crippen molar-refractivity contribution in [2.45, 2.75) is 13.3 Å². The van der Waals surface area contributed by atoms with Crippen LogP contribution in [0.3, 0.4) is 0 Å². The van der Waals surface area contributed by atoms with E-state index in [2.05, 4.69) is 21.5 Å². The average Bonchev–Trinajstić information content (AvgIpc) is 1.27. The van der Waals surface area contributed by atoms with E-state index in [0.29, 0.717) is 11.0 Å². The van der Waals surface area contributed by atoms with E-state index in [1.165, 1.54) is 6.92 Å². The topological polar surface area (TPSA) is 17.1 Å². The van der Waals surface area contributed by atoms with E-state index >= 15 is 0 Å². The Balaban J connectivity index is 3.32. The van der Waals surface area contributed by atoms with E-state index in [1.54, 1.807) is 0 Å². The molecule has 1 nitrogen and oxygen atoms in total. The van der Waals surface area contributed by atoms with Crippen molar-refractivity contribution in [3.8, 4) is 0 Å².